The number of halogens is 3. The second-order valence-corrected chi connectivity index (χ2v) is 11.7. The van der Waals surface area contributed by atoms with Gasteiger partial charge in [0.1, 0.15) is 6.54 Å². The topological polar surface area (TPSA) is 66.5 Å². The van der Waals surface area contributed by atoms with E-state index in [1.165, 1.54) is 24.3 Å². The highest BCUT2D eigenvalue weighted by Gasteiger charge is 2.29. The van der Waals surface area contributed by atoms with Gasteiger partial charge in [-0.25, -0.2) is 8.42 Å². The summed E-state index contributed by atoms with van der Waals surface area (Å²) in [5.41, 5.74) is 2.15. The van der Waals surface area contributed by atoms with Crippen molar-refractivity contribution in [3.05, 3.63) is 92.9 Å². The van der Waals surface area contributed by atoms with Crippen LogP contribution in [0.15, 0.2) is 71.6 Å². The molecule has 0 spiro atoms. The van der Waals surface area contributed by atoms with Gasteiger partial charge in [-0.2, -0.15) is 11.8 Å². The number of anilines is 1. The molecule has 0 saturated carbocycles. The third-order valence-electron chi connectivity index (χ3n) is 4.80. The van der Waals surface area contributed by atoms with Crippen molar-refractivity contribution < 1.29 is 13.2 Å². The normalized spacial score (nSPS) is 11.3. The van der Waals surface area contributed by atoms with Gasteiger partial charge < -0.3 is 5.32 Å². The van der Waals surface area contributed by atoms with E-state index in [9.17, 15) is 13.2 Å². The maximum atomic E-state index is 13.4. The van der Waals surface area contributed by atoms with Gasteiger partial charge in [0.15, 0.2) is 0 Å². The van der Waals surface area contributed by atoms with Crippen LogP contribution in [0, 0.1) is 6.92 Å². The van der Waals surface area contributed by atoms with Gasteiger partial charge in [0.25, 0.3) is 10.0 Å². The molecule has 0 unspecified atom stereocenters. The lowest BCUT2D eigenvalue weighted by atomic mass is 10.2. The SMILES string of the molecule is Cc1ccc(S(=O)(=O)N(CC(=O)NCCSCc2cccc(Cl)c2)c2cc(Cl)ccc2Cl)cc1. The molecule has 180 valence electrons. The van der Waals surface area contributed by atoms with Gasteiger partial charge in [-0.05, 0) is 55.0 Å². The molecule has 10 heteroatoms. The van der Waals surface area contributed by atoms with E-state index in [0.717, 1.165) is 21.2 Å². The van der Waals surface area contributed by atoms with Gasteiger partial charge in [0, 0.05) is 28.1 Å². The van der Waals surface area contributed by atoms with Crippen LogP contribution in [-0.2, 0) is 20.6 Å². The fourth-order valence-electron chi connectivity index (χ4n) is 3.08. The molecule has 0 aliphatic rings. The summed E-state index contributed by atoms with van der Waals surface area (Å²) >= 11 is 20.0. The number of aryl methyl sites for hydroxylation is 1. The fraction of sp³-hybridized carbons (Fsp3) is 0.208. The molecule has 3 rings (SSSR count). The number of nitrogens with zero attached hydrogens (tertiary/aromatic N) is 1. The summed E-state index contributed by atoms with van der Waals surface area (Å²) in [5.74, 6) is 0.957. The number of carbonyl (C=O) groups is 1. The van der Waals surface area contributed by atoms with Crippen molar-refractivity contribution in [2.24, 2.45) is 0 Å². The Morgan fingerprint density at radius 1 is 0.971 bits per heavy atom. The second-order valence-electron chi connectivity index (χ2n) is 7.45. The van der Waals surface area contributed by atoms with Crippen molar-refractivity contribution in [1.82, 2.24) is 5.32 Å². The zero-order chi connectivity index (χ0) is 24.7. The number of sulfonamides is 1. The minimum absolute atomic E-state index is 0.0546. The van der Waals surface area contributed by atoms with Crippen LogP contribution >= 0.6 is 46.6 Å². The minimum atomic E-state index is -4.07. The first-order valence-corrected chi connectivity index (χ1v) is 14.0. The zero-order valence-electron chi connectivity index (χ0n) is 18.3. The third-order valence-corrected chi connectivity index (χ3v) is 8.39. The van der Waals surface area contributed by atoms with Gasteiger partial charge >= 0.3 is 0 Å². The molecular weight excluding hydrogens is 535 g/mol. The molecule has 0 heterocycles. The molecular formula is C24H23Cl3N2O3S2. The molecule has 3 aromatic carbocycles. The Morgan fingerprint density at radius 2 is 1.68 bits per heavy atom. The number of hydrogen-bond donors (Lipinski definition) is 1. The van der Waals surface area contributed by atoms with E-state index in [1.54, 1.807) is 30.0 Å². The van der Waals surface area contributed by atoms with E-state index in [-0.39, 0.29) is 15.6 Å². The summed E-state index contributed by atoms with van der Waals surface area (Å²) in [6.45, 7) is 1.81. The molecule has 0 saturated heterocycles. The van der Waals surface area contributed by atoms with Crippen LogP contribution in [0.2, 0.25) is 15.1 Å². The summed E-state index contributed by atoms with van der Waals surface area (Å²) < 4.78 is 27.9. The maximum absolute atomic E-state index is 13.4. The van der Waals surface area contributed by atoms with Crippen molar-refractivity contribution in [2.45, 2.75) is 17.6 Å². The van der Waals surface area contributed by atoms with Crippen molar-refractivity contribution >= 4 is 68.2 Å². The van der Waals surface area contributed by atoms with E-state index in [1.807, 2.05) is 31.2 Å². The predicted molar refractivity (Wildman–Crippen MR) is 143 cm³/mol. The Hall–Kier alpha value is -1.90. The van der Waals surface area contributed by atoms with Crippen molar-refractivity contribution in [3.8, 4) is 0 Å². The van der Waals surface area contributed by atoms with E-state index < -0.39 is 22.5 Å². The molecule has 0 aromatic heterocycles. The Kier molecular flexibility index (Phi) is 9.56. The van der Waals surface area contributed by atoms with Crippen LogP contribution in [-0.4, -0.2) is 33.2 Å². The summed E-state index contributed by atoms with van der Waals surface area (Å²) in [7, 11) is -4.07. The lowest BCUT2D eigenvalue weighted by Gasteiger charge is -2.25. The highest BCUT2D eigenvalue weighted by molar-refractivity contribution is 7.98. The summed E-state index contributed by atoms with van der Waals surface area (Å²) in [6.07, 6.45) is 0. The molecule has 0 bridgehead atoms. The molecule has 0 radical (unpaired) electrons. The van der Waals surface area contributed by atoms with Crippen LogP contribution < -0.4 is 9.62 Å². The summed E-state index contributed by atoms with van der Waals surface area (Å²) in [4.78, 5) is 12.8. The van der Waals surface area contributed by atoms with E-state index >= 15 is 0 Å². The van der Waals surface area contributed by atoms with Gasteiger partial charge in [-0.3, -0.25) is 9.10 Å². The van der Waals surface area contributed by atoms with Crippen LogP contribution in [0.25, 0.3) is 0 Å². The molecule has 34 heavy (non-hydrogen) atoms. The quantitative estimate of drug-likeness (QED) is 0.301. The third kappa shape index (κ3) is 7.30. The number of benzene rings is 3. The molecule has 0 aliphatic heterocycles. The molecule has 5 nitrogen and oxygen atoms in total. The van der Waals surface area contributed by atoms with Crippen LogP contribution in [0.3, 0.4) is 0 Å². The first-order valence-electron chi connectivity index (χ1n) is 10.3. The first-order chi connectivity index (χ1) is 16.2. The lowest BCUT2D eigenvalue weighted by Crippen LogP contribution is -2.41. The van der Waals surface area contributed by atoms with Gasteiger partial charge in [0.2, 0.25) is 5.91 Å². The minimum Gasteiger partial charge on any atom is -0.354 e. The van der Waals surface area contributed by atoms with Crippen molar-refractivity contribution in [1.29, 1.82) is 0 Å². The summed E-state index contributed by atoms with van der Waals surface area (Å²) in [6, 6.07) is 18.5. The van der Waals surface area contributed by atoms with E-state index in [2.05, 4.69) is 5.32 Å². The zero-order valence-corrected chi connectivity index (χ0v) is 22.2. The average Bonchev–Trinajstić information content (AvgIpc) is 2.79. The van der Waals surface area contributed by atoms with E-state index in [4.69, 9.17) is 34.8 Å². The molecule has 0 fully saturated rings. The molecule has 0 atom stereocenters. The Bertz CT molecular complexity index is 1250. The van der Waals surface area contributed by atoms with Crippen molar-refractivity contribution in [2.75, 3.05) is 23.1 Å². The van der Waals surface area contributed by atoms with Crippen LogP contribution in [0.1, 0.15) is 11.1 Å². The second kappa shape index (κ2) is 12.2. The summed E-state index contributed by atoms with van der Waals surface area (Å²) in [5, 5.41) is 3.94. The van der Waals surface area contributed by atoms with Crippen molar-refractivity contribution in [3.63, 3.8) is 0 Å². The first kappa shape index (κ1) is 26.7. The number of rotatable bonds is 10. The number of nitrogens with one attached hydrogen (secondary N) is 1. The number of thioether (sulfide) groups is 1. The Morgan fingerprint density at radius 3 is 2.38 bits per heavy atom. The van der Waals surface area contributed by atoms with E-state index in [0.29, 0.717) is 22.3 Å². The van der Waals surface area contributed by atoms with Gasteiger partial charge in [-0.1, -0.05) is 64.6 Å². The van der Waals surface area contributed by atoms with Crippen LogP contribution in [0.4, 0.5) is 5.69 Å². The number of carbonyl (C=O) groups excluding carboxylic acids is 1. The standard InChI is InChI=1S/C24H23Cl3N2O3S2/c1-17-5-8-21(9-6-17)34(31,32)29(23-14-20(26)7-10-22(23)27)15-24(30)28-11-12-33-16-18-3-2-4-19(25)13-18/h2-10,13-14H,11-12,15-16H2,1H3,(H,28,30). The lowest BCUT2D eigenvalue weighted by molar-refractivity contribution is -0.119. The molecule has 0 aliphatic carbocycles. The molecule has 3 aromatic rings. The Balaban J connectivity index is 1.69. The highest BCUT2D eigenvalue weighted by Crippen LogP contribution is 2.33. The maximum Gasteiger partial charge on any atom is 0.264 e. The average molecular weight is 558 g/mol. The number of amides is 1. The molecule has 1 amide bonds. The molecule has 1 N–H and O–H groups in total. The van der Waals surface area contributed by atoms with Crippen LogP contribution in [0.5, 0.6) is 0 Å². The van der Waals surface area contributed by atoms with Gasteiger partial charge in [-0.15, -0.1) is 0 Å². The highest BCUT2D eigenvalue weighted by atomic mass is 35.5. The fourth-order valence-corrected chi connectivity index (χ4v) is 5.97. The predicted octanol–water partition coefficient (Wildman–Crippen LogP) is 6.20. The largest absolute Gasteiger partial charge is 0.354 e. The van der Waals surface area contributed by atoms with Gasteiger partial charge in [0.05, 0.1) is 15.6 Å². The smallest absolute Gasteiger partial charge is 0.264 e. The monoisotopic (exact) mass is 556 g/mol. The Labute approximate surface area is 219 Å². The number of hydrogen-bond acceptors (Lipinski definition) is 4.